The van der Waals surface area contributed by atoms with E-state index in [2.05, 4.69) is 26.5 Å². The van der Waals surface area contributed by atoms with Gasteiger partial charge in [-0.2, -0.15) is 5.10 Å². The number of benzene rings is 1. The first-order valence-electron chi connectivity index (χ1n) is 8.66. The number of amides is 1. The molecule has 0 radical (unpaired) electrons. The number of hydrazone groups is 1. The summed E-state index contributed by atoms with van der Waals surface area (Å²) >= 11 is 4.97. The van der Waals surface area contributed by atoms with Gasteiger partial charge >= 0.3 is 0 Å². The minimum atomic E-state index is -0.352. The molecule has 0 aliphatic rings. The van der Waals surface area contributed by atoms with Crippen molar-refractivity contribution in [3.63, 3.8) is 0 Å². The van der Waals surface area contributed by atoms with Gasteiger partial charge in [0.05, 0.1) is 34.2 Å². The minimum Gasteiger partial charge on any atom is -0.490 e. The third-order valence-electron chi connectivity index (χ3n) is 3.43. The molecule has 1 amide bonds. The van der Waals surface area contributed by atoms with Gasteiger partial charge in [0, 0.05) is 5.56 Å². The zero-order valence-corrected chi connectivity index (χ0v) is 18.2. The fourth-order valence-corrected chi connectivity index (χ4v) is 3.61. The maximum Gasteiger partial charge on any atom is 0.271 e. The highest BCUT2D eigenvalue weighted by atomic mass is 79.9. The Morgan fingerprint density at radius 1 is 1.07 bits per heavy atom. The van der Waals surface area contributed by atoms with E-state index >= 15 is 0 Å². The number of hydrogen-bond donors (Lipinski definition) is 1. The molecule has 1 aromatic carbocycles. The van der Waals surface area contributed by atoms with Crippen molar-refractivity contribution in [3.05, 3.63) is 38.5 Å². The number of ether oxygens (including phenoxy) is 3. The van der Waals surface area contributed by atoms with Crippen molar-refractivity contribution in [3.8, 4) is 17.2 Å². The van der Waals surface area contributed by atoms with Crippen LogP contribution in [0.5, 0.6) is 17.2 Å². The Morgan fingerprint density at radius 3 is 2.15 bits per heavy atom. The van der Waals surface area contributed by atoms with Gasteiger partial charge in [-0.1, -0.05) is 0 Å². The van der Waals surface area contributed by atoms with Gasteiger partial charge in [0.15, 0.2) is 11.5 Å². The second kappa shape index (κ2) is 10.3. The van der Waals surface area contributed by atoms with E-state index in [1.165, 1.54) is 0 Å². The zero-order valence-electron chi connectivity index (χ0n) is 15.8. The van der Waals surface area contributed by atoms with Crippen molar-refractivity contribution < 1.29 is 19.0 Å². The molecule has 0 atom stereocenters. The molecule has 0 bridgehead atoms. The Hall–Kier alpha value is -2.06. The molecule has 0 saturated heterocycles. The summed E-state index contributed by atoms with van der Waals surface area (Å²) < 4.78 is 17.9. The van der Waals surface area contributed by atoms with E-state index in [4.69, 9.17) is 14.2 Å². The maximum atomic E-state index is 12.6. The average Bonchev–Trinajstić information content (AvgIpc) is 3.08. The van der Waals surface area contributed by atoms with Crippen LogP contribution >= 0.6 is 27.3 Å². The molecule has 0 fully saturated rings. The molecular weight excluding hydrogens is 432 g/mol. The van der Waals surface area contributed by atoms with Gasteiger partial charge in [-0.3, -0.25) is 4.79 Å². The first-order valence-corrected chi connectivity index (χ1v) is 10.3. The van der Waals surface area contributed by atoms with Crippen LogP contribution < -0.4 is 19.6 Å². The number of thiophene rings is 1. The number of carbonyl (C=O) groups excluding carboxylic acids is 1. The molecule has 0 aliphatic carbocycles. The SMILES string of the molecule is CCOc1cc(C(=O)N/N=C(\C)c2ccc(Br)s2)cc(OCC)c1OCC. The lowest BCUT2D eigenvalue weighted by Gasteiger charge is -2.16. The smallest absolute Gasteiger partial charge is 0.271 e. The predicted molar refractivity (Wildman–Crippen MR) is 112 cm³/mol. The Morgan fingerprint density at radius 2 is 1.67 bits per heavy atom. The molecule has 1 heterocycles. The summed E-state index contributed by atoms with van der Waals surface area (Å²) in [7, 11) is 0. The lowest BCUT2D eigenvalue weighted by Crippen LogP contribution is -2.19. The second-order valence-corrected chi connectivity index (χ2v) is 7.81. The van der Waals surface area contributed by atoms with Gasteiger partial charge in [0.25, 0.3) is 5.91 Å². The van der Waals surface area contributed by atoms with Crippen molar-refractivity contribution in [1.29, 1.82) is 0 Å². The Labute approximate surface area is 171 Å². The van der Waals surface area contributed by atoms with Crippen LogP contribution in [0.15, 0.2) is 33.2 Å². The van der Waals surface area contributed by atoms with Crippen LogP contribution in [0.25, 0.3) is 0 Å². The molecule has 6 nitrogen and oxygen atoms in total. The monoisotopic (exact) mass is 454 g/mol. The molecule has 2 aromatic rings. The molecule has 1 N–H and O–H groups in total. The van der Waals surface area contributed by atoms with Gasteiger partial charge < -0.3 is 14.2 Å². The van der Waals surface area contributed by atoms with Crippen LogP contribution in [0.4, 0.5) is 0 Å². The van der Waals surface area contributed by atoms with Crippen molar-refractivity contribution in [2.24, 2.45) is 5.10 Å². The van der Waals surface area contributed by atoms with E-state index in [0.717, 1.165) is 14.4 Å². The third-order valence-corrected chi connectivity index (χ3v) is 5.16. The van der Waals surface area contributed by atoms with Gasteiger partial charge in [-0.05, 0) is 67.9 Å². The Bertz CT molecular complexity index is 793. The number of nitrogens with one attached hydrogen (secondary N) is 1. The highest BCUT2D eigenvalue weighted by Gasteiger charge is 2.18. The van der Waals surface area contributed by atoms with Crippen molar-refractivity contribution in [1.82, 2.24) is 5.43 Å². The van der Waals surface area contributed by atoms with Crippen LogP contribution in [0.1, 0.15) is 42.9 Å². The normalized spacial score (nSPS) is 11.2. The molecule has 27 heavy (non-hydrogen) atoms. The fourth-order valence-electron chi connectivity index (χ4n) is 2.28. The van der Waals surface area contributed by atoms with Crippen LogP contribution in [0.3, 0.4) is 0 Å². The van der Waals surface area contributed by atoms with E-state index in [1.807, 2.05) is 39.8 Å². The summed E-state index contributed by atoms with van der Waals surface area (Å²) in [5.74, 6) is 1.09. The van der Waals surface area contributed by atoms with Gasteiger partial charge in [-0.25, -0.2) is 5.43 Å². The number of rotatable bonds is 9. The second-order valence-electron chi connectivity index (χ2n) is 5.34. The first kappa shape index (κ1) is 21.2. The molecule has 0 aliphatic heterocycles. The fraction of sp³-hybridized carbons (Fsp3) is 0.368. The molecular formula is C19H23BrN2O4S. The van der Waals surface area contributed by atoms with E-state index in [9.17, 15) is 4.79 Å². The quantitative estimate of drug-likeness (QED) is 0.433. The van der Waals surface area contributed by atoms with E-state index in [-0.39, 0.29) is 5.91 Å². The zero-order chi connectivity index (χ0) is 19.8. The first-order chi connectivity index (χ1) is 13.0. The van der Waals surface area contributed by atoms with Crippen LogP contribution in [-0.4, -0.2) is 31.4 Å². The van der Waals surface area contributed by atoms with Crippen LogP contribution in [0.2, 0.25) is 0 Å². The van der Waals surface area contributed by atoms with Gasteiger partial charge in [0.2, 0.25) is 5.75 Å². The summed E-state index contributed by atoms with van der Waals surface area (Å²) in [6, 6.07) is 7.16. The third kappa shape index (κ3) is 5.71. The van der Waals surface area contributed by atoms with Crippen molar-refractivity contribution in [2.45, 2.75) is 27.7 Å². The lowest BCUT2D eigenvalue weighted by molar-refractivity contribution is 0.0953. The topological polar surface area (TPSA) is 69.2 Å². The number of hydrogen-bond acceptors (Lipinski definition) is 6. The lowest BCUT2D eigenvalue weighted by atomic mass is 10.1. The molecule has 0 spiro atoms. The molecule has 1 aromatic heterocycles. The molecule has 2 rings (SSSR count). The highest BCUT2D eigenvalue weighted by Crippen LogP contribution is 2.39. The molecule has 146 valence electrons. The molecule has 8 heteroatoms. The van der Waals surface area contributed by atoms with E-state index in [0.29, 0.717) is 42.6 Å². The van der Waals surface area contributed by atoms with Crippen molar-refractivity contribution >= 4 is 38.9 Å². The van der Waals surface area contributed by atoms with E-state index in [1.54, 1.807) is 23.5 Å². The number of nitrogens with zero attached hydrogens (tertiary/aromatic N) is 1. The van der Waals surface area contributed by atoms with Crippen LogP contribution in [-0.2, 0) is 0 Å². The average molecular weight is 455 g/mol. The van der Waals surface area contributed by atoms with Gasteiger partial charge in [-0.15, -0.1) is 11.3 Å². The molecule has 0 saturated carbocycles. The summed E-state index contributed by atoms with van der Waals surface area (Å²) in [4.78, 5) is 13.6. The maximum absolute atomic E-state index is 12.6. The van der Waals surface area contributed by atoms with E-state index < -0.39 is 0 Å². The largest absolute Gasteiger partial charge is 0.490 e. The Balaban J connectivity index is 2.28. The number of halogens is 1. The summed E-state index contributed by atoms with van der Waals surface area (Å²) in [6.45, 7) is 8.82. The van der Waals surface area contributed by atoms with Gasteiger partial charge in [0.1, 0.15) is 0 Å². The standard InChI is InChI=1S/C19H23BrN2O4S/c1-5-24-14-10-13(11-15(25-6-2)18(14)26-7-3)19(23)22-21-12(4)16-8-9-17(20)27-16/h8-11H,5-7H2,1-4H3,(H,22,23)/b21-12+. The van der Waals surface area contributed by atoms with Crippen molar-refractivity contribution in [2.75, 3.05) is 19.8 Å². The predicted octanol–water partition coefficient (Wildman–Crippen LogP) is 4.86. The minimum absolute atomic E-state index is 0.352. The Kier molecular flexibility index (Phi) is 8.12. The summed E-state index contributed by atoms with van der Waals surface area (Å²) in [5, 5.41) is 4.19. The highest BCUT2D eigenvalue weighted by molar-refractivity contribution is 9.11. The van der Waals surface area contributed by atoms with Crippen LogP contribution in [0, 0.1) is 0 Å². The summed E-state index contributed by atoms with van der Waals surface area (Å²) in [6.07, 6.45) is 0. The number of carbonyl (C=O) groups is 1. The summed E-state index contributed by atoms with van der Waals surface area (Å²) in [5.41, 5.74) is 3.69. The molecule has 0 unspecified atom stereocenters.